The number of benzene rings is 2. The van der Waals surface area contributed by atoms with Gasteiger partial charge >= 0.3 is 11.9 Å². The number of carbonyl (C=O) groups is 2. The Morgan fingerprint density at radius 2 is 1.87 bits per heavy atom. The number of ether oxygens (including phenoxy) is 1. The summed E-state index contributed by atoms with van der Waals surface area (Å²) in [7, 11) is 0. The number of para-hydroxylation sites is 1. The van der Waals surface area contributed by atoms with Crippen molar-refractivity contribution in [3.63, 3.8) is 0 Å². The zero-order chi connectivity index (χ0) is 20.9. The minimum Gasteiger partial charge on any atom is -0.486 e. The summed E-state index contributed by atoms with van der Waals surface area (Å²) in [5.74, 6) is 0.389. The summed E-state index contributed by atoms with van der Waals surface area (Å²) in [5.41, 5.74) is 5.41. The van der Waals surface area contributed by atoms with E-state index in [2.05, 4.69) is 16.2 Å². The number of hydrazine groups is 1. The SMILES string of the molecule is O=C(NNC(=O)c1ccc(COc2ccccc2)o1)NC1CC1c1cccc(F)c1. The Morgan fingerprint density at radius 3 is 2.67 bits per heavy atom. The molecule has 3 amide bonds. The first-order valence-corrected chi connectivity index (χ1v) is 9.47. The highest BCUT2D eigenvalue weighted by molar-refractivity contribution is 5.92. The van der Waals surface area contributed by atoms with Crippen molar-refractivity contribution in [3.05, 3.63) is 89.6 Å². The molecular formula is C22H20FN3O4. The molecule has 3 N–H and O–H groups in total. The molecule has 154 valence electrons. The number of furan rings is 1. The molecule has 2 aromatic carbocycles. The Bertz CT molecular complexity index is 1040. The summed E-state index contributed by atoms with van der Waals surface area (Å²) in [6.45, 7) is 0.175. The molecule has 1 fully saturated rings. The quantitative estimate of drug-likeness (QED) is 0.544. The van der Waals surface area contributed by atoms with Crippen LogP contribution in [0.5, 0.6) is 5.75 Å². The number of amides is 3. The first kappa shape index (κ1) is 19.5. The molecule has 7 nitrogen and oxygen atoms in total. The number of hydrogen-bond acceptors (Lipinski definition) is 4. The van der Waals surface area contributed by atoms with Gasteiger partial charge in [-0.2, -0.15) is 0 Å². The molecule has 3 aromatic rings. The van der Waals surface area contributed by atoms with Crippen molar-refractivity contribution in [2.24, 2.45) is 0 Å². The normalized spacial score (nSPS) is 17.1. The third kappa shape index (κ3) is 4.96. The van der Waals surface area contributed by atoms with Crippen molar-refractivity contribution < 1.29 is 23.1 Å². The van der Waals surface area contributed by atoms with E-state index in [1.165, 1.54) is 18.2 Å². The van der Waals surface area contributed by atoms with Crippen molar-refractivity contribution in [2.75, 3.05) is 0 Å². The van der Waals surface area contributed by atoms with Crippen LogP contribution in [-0.4, -0.2) is 18.0 Å². The van der Waals surface area contributed by atoms with Crippen LogP contribution in [-0.2, 0) is 6.61 Å². The molecule has 0 saturated heterocycles. The first-order valence-electron chi connectivity index (χ1n) is 9.47. The Labute approximate surface area is 172 Å². The molecule has 1 saturated carbocycles. The Morgan fingerprint density at radius 1 is 1.03 bits per heavy atom. The van der Waals surface area contributed by atoms with Crippen LogP contribution in [0, 0.1) is 5.82 Å². The molecule has 0 spiro atoms. The second kappa shape index (κ2) is 8.69. The number of carbonyl (C=O) groups excluding carboxylic acids is 2. The molecule has 2 unspecified atom stereocenters. The van der Waals surface area contributed by atoms with E-state index >= 15 is 0 Å². The van der Waals surface area contributed by atoms with Gasteiger partial charge in [0.2, 0.25) is 0 Å². The highest BCUT2D eigenvalue weighted by Crippen LogP contribution is 2.40. The van der Waals surface area contributed by atoms with Crippen molar-refractivity contribution in [1.82, 2.24) is 16.2 Å². The van der Waals surface area contributed by atoms with Crippen molar-refractivity contribution in [1.29, 1.82) is 0 Å². The molecule has 1 aliphatic rings. The van der Waals surface area contributed by atoms with Crippen molar-refractivity contribution in [3.8, 4) is 5.75 Å². The van der Waals surface area contributed by atoms with Crippen LogP contribution in [0.4, 0.5) is 9.18 Å². The maximum Gasteiger partial charge on any atom is 0.333 e. The van der Waals surface area contributed by atoms with Gasteiger partial charge in [-0.05, 0) is 48.4 Å². The fourth-order valence-corrected chi connectivity index (χ4v) is 3.09. The Balaban J connectivity index is 1.20. The predicted octanol–water partition coefficient (Wildman–Crippen LogP) is 3.50. The van der Waals surface area contributed by atoms with E-state index in [1.807, 2.05) is 36.4 Å². The lowest BCUT2D eigenvalue weighted by molar-refractivity contribution is 0.0904. The van der Waals surface area contributed by atoms with Gasteiger partial charge in [0.1, 0.15) is 23.9 Å². The van der Waals surface area contributed by atoms with Gasteiger partial charge < -0.3 is 14.5 Å². The molecular weight excluding hydrogens is 389 g/mol. The Hall–Kier alpha value is -3.81. The molecule has 1 aromatic heterocycles. The predicted molar refractivity (Wildman–Crippen MR) is 106 cm³/mol. The summed E-state index contributed by atoms with van der Waals surface area (Å²) in [5, 5.41) is 2.73. The number of hydrogen-bond donors (Lipinski definition) is 3. The monoisotopic (exact) mass is 409 g/mol. The maximum atomic E-state index is 13.3. The van der Waals surface area contributed by atoms with E-state index in [9.17, 15) is 14.0 Å². The number of rotatable bonds is 6. The molecule has 8 heteroatoms. The summed E-state index contributed by atoms with van der Waals surface area (Å²) in [6, 6.07) is 18.0. The van der Waals surface area contributed by atoms with Gasteiger partial charge in [0.15, 0.2) is 5.76 Å². The second-order valence-electron chi connectivity index (χ2n) is 6.92. The Kier molecular flexibility index (Phi) is 5.65. The van der Waals surface area contributed by atoms with Gasteiger partial charge in [-0.25, -0.2) is 14.6 Å². The highest BCUT2D eigenvalue weighted by Gasteiger charge is 2.39. The first-order chi connectivity index (χ1) is 14.6. The fourth-order valence-electron chi connectivity index (χ4n) is 3.09. The molecule has 0 radical (unpaired) electrons. The number of nitrogens with one attached hydrogen (secondary N) is 3. The van der Waals surface area contributed by atoms with Crippen molar-refractivity contribution in [2.45, 2.75) is 25.0 Å². The minimum atomic E-state index is -0.589. The molecule has 30 heavy (non-hydrogen) atoms. The largest absolute Gasteiger partial charge is 0.486 e. The van der Waals surface area contributed by atoms with Crippen LogP contribution in [0.25, 0.3) is 0 Å². The van der Waals surface area contributed by atoms with E-state index in [1.54, 1.807) is 12.1 Å². The van der Waals surface area contributed by atoms with E-state index in [-0.39, 0.29) is 30.1 Å². The van der Waals surface area contributed by atoms with Crippen LogP contribution in [0.2, 0.25) is 0 Å². The molecule has 0 bridgehead atoms. The van der Waals surface area contributed by atoms with Gasteiger partial charge in [0, 0.05) is 12.0 Å². The molecule has 1 aliphatic carbocycles. The van der Waals surface area contributed by atoms with E-state index in [0.29, 0.717) is 17.9 Å². The van der Waals surface area contributed by atoms with Crippen LogP contribution in [0.1, 0.15) is 34.2 Å². The molecule has 4 rings (SSSR count). The standard InChI is InChI=1S/C22H20FN3O4/c23-15-6-4-5-14(11-15)18-12-19(18)24-22(28)26-25-21(27)20-10-9-17(30-20)13-29-16-7-2-1-3-8-16/h1-11,18-19H,12-13H2,(H,25,27)(H2,24,26,28). The lowest BCUT2D eigenvalue weighted by Gasteiger charge is -2.08. The zero-order valence-electron chi connectivity index (χ0n) is 15.9. The van der Waals surface area contributed by atoms with E-state index in [4.69, 9.17) is 9.15 Å². The highest BCUT2D eigenvalue weighted by atomic mass is 19.1. The van der Waals surface area contributed by atoms with Crippen LogP contribution in [0.15, 0.2) is 71.1 Å². The zero-order valence-corrected chi connectivity index (χ0v) is 15.9. The van der Waals surface area contributed by atoms with E-state index in [0.717, 1.165) is 5.56 Å². The third-order valence-corrected chi connectivity index (χ3v) is 4.68. The van der Waals surface area contributed by atoms with Crippen LogP contribution < -0.4 is 20.9 Å². The maximum absolute atomic E-state index is 13.3. The summed E-state index contributed by atoms with van der Waals surface area (Å²) >= 11 is 0. The molecule has 0 aliphatic heterocycles. The number of urea groups is 1. The molecule has 1 heterocycles. The average molecular weight is 409 g/mol. The lowest BCUT2D eigenvalue weighted by atomic mass is 10.1. The smallest absolute Gasteiger partial charge is 0.333 e. The lowest BCUT2D eigenvalue weighted by Crippen LogP contribution is -2.47. The fraction of sp³-hybridized carbons (Fsp3) is 0.182. The molecule has 2 atom stereocenters. The van der Waals surface area contributed by atoms with Crippen LogP contribution >= 0.6 is 0 Å². The second-order valence-corrected chi connectivity index (χ2v) is 6.92. The summed E-state index contributed by atoms with van der Waals surface area (Å²) in [6.07, 6.45) is 0.716. The van der Waals surface area contributed by atoms with Gasteiger partial charge in [-0.15, -0.1) is 0 Å². The van der Waals surface area contributed by atoms with Gasteiger partial charge in [0.25, 0.3) is 0 Å². The van der Waals surface area contributed by atoms with Crippen LogP contribution in [0.3, 0.4) is 0 Å². The summed E-state index contributed by atoms with van der Waals surface area (Å²) < 4.78 is 24.3. The van der Waals surface area contributed by atoms with Gasteiger partial charge in [-0.3, -0.25) is 10.2 Å². The van der Waals surface area contributed by atoms with E-state index < -0.39 is 11.9 Å². The summed E-state index contributed by atoms with van der Waals surface area (Å²) in [4.78, 5) is 24.1. The average Bonchev–Trinajstić information content (AvgIpc) is 3.35. The van der Waals surface area contributed by atoms with Crippen molar-refractivity contribution >= 4 is 11.9 Å². The topological polar surface area (TPSA) is 92.6 Å². The number of halogens is 1. The van der Waals surface area contributed by atoms with Gasteiger partial charge in [0.05, 0.1) is 0 Å². The van der Waals surface area contributed by atoms with Gasteiger partial charge in [-0.1, -0.05) is 30.3 Å². The minimum absolute atomic E-state index is 0.0472. The third-order valence-electron chi connectivity index (χ3n) is 4.68.